The SMILES string of the molecule is Cc1cc(C(=O)CC2(N)CCC2)sn1. The molecule has 1 fully saturated rings. The summed E-state index contributed by atoms with van der Waals surface area (Å²) in [5.41, 5.74) is 6.71. The van der Waals surface area contributed by atoms with Gasteiger partial charge in [0.15, 0.2) is 5.78 Å². The van der Waals surface area contributed by atoms with Crippen LogP contribution < -0.4 is 5.73 Å². The quantitative estimate of drug-likeness (QED) is 0.775. The van der Waals surface area contributed by atoms with E-state index in [2.05, 4.69) is 4.37 Å². The van der Waals surface area contributed by atoms with Crippen LogP contribution in [0.15, 0.2) is 6.07 Å². The van der Waals surface area contributed by atoms with Crippen LogP contribution in [0, 0.1) is 6.92 Å². The van der Waals surface area contributed by atoms with Crippen LogP contribution in [-0.2, 0) is 0 Å². The zero-order valence-corrected chi connectivity index (χ0v) is 9.06. The van der Waals surface area contributed by atoms with Gasteiger partial charge in [0.05, 0.1) is 10.6 Å². The number of aryl methyl sites for hydroxylation is 1. The number of nitrogens with zero attached hydrogens (tertiary/aromatic N) is 1. The molecule has 1 aliphatic carbocycles. The summed E-state index contributed by atoms with van der Waals surface area (Å²) in [5.74, 6) is 0.151. The van der Waals surface area contributed by atoms with Gasteiger partial charge in [-0.15, -0.1) is 0 Å². The van der Waals surface area contributed by atoms with E-state index in [-0.39, 0.29) is 11.3 Å². The Balaban J connectivity index is 2.02. The molecule has 2 rings (SSSR count). The van der Waals surface area contributed by atoms with E-state index in [0.717, 1.165) is 29.8 Å². The largest absolute Gasteiger partial charge is 0.325 e. The Morgan fingerprint density at radius 2 is 2.43 bits per heavy atom. The first-order valence-electron chi connectivity index (χ1n) is 4.84. The minimum absolute atomic E-state index is 0.151. The van der Waals surface area contributed by atoms with Crippen molar-refractivity contribution in [3.63, 3.8) is 0 Å². The van der Waals surface area contributed by atoms with Crippen molar-refractivity contribution < 1.29 is 4.79 Å². The lowest BCUT2D eigenvalue weighted by Gasteiger charge is -2.37. The van der Waals surface area contributed by atoms with Crippen molar-refractivity contribution >= 4 is 17.3 Å². The molecule has 1 heterocycles. The monoisotopic (exact) mass is 210 g/mol. The fraction of sp³-hybridized carbons (Fsp3) is 0.600. The second-order valence-electron chi connectivity index (χ2n) is 4.15. The van der Waals surface area contributed by atoms with E-state index in [0.29, 0.717) is 6.42 Å². The fourth-order valence-corrected chi connectivity index (χ4v) is 2.40. The summed E-state index contributed by atoms with van der Waals surface area (Å²) >= 11 is 1.28. The van der Waals surface area contributed by atoms with E-state index < -0.39 is 0 Å². The number of ketones is 1. The molecule has 0 saturated heterocycles. The molecule has 0 bridgehead atoms. The van der Waals surface area contributed by atoms with Gasteiger partial charge in [0, 0.05) is 12.0 Å². The number of aromatic nitrogens is 1. The molecule has 1 aromatic heterocycles. The van der Waals surface area contributed by atoms with Gasteiger partial charge in [0.2, 0.25) is 0 Å². The third-order valence-corrected chi connectivity index (χ3v) is 3.69. The van der Waals surface area contributed by atoms with Crippen LogP contribution in [0.1, 0.15) is 41.0 Å². The van der Waals surface area contributed by atoms with Gasteiger partial charge >= 0.3 is 0 Å². The van der Waals surface area contributed by atoms with Gasteiger partial charge in [0.1, 0.15) is 0 Å². The van der Waals surface area contributed by atoms with Gasteiger partial charge in [-0.3, -0.25) is 4.79 Å². The standard InChI is InChI=1S/C10H14N2OS/c1-7-5-9(14-12-7)8(13)6-10(11)3-2-4-10/h5H,2-4,6,11H2,1H3. The molecule has 0 radical (unpaired) electrons. The number of Topliss-reactive ketones (excluding diaryl/α,β-unsaturated/α-hetero) is 1. The number of carbonyl (C=O) groups excluding carboxylic acids is 1. The van der Waals surface area contributed by atoms with Crippen LogP contribution in [0.2, 0.25) is 0 Å². The van der Waals surface area contributed by atoms with E-state index in [1.54, 1.807) is 0 Å². The normalized spacial score (nSPS) is 19.0. The first-order valence-corrected chi connectivity index (χ1v) is 5.62. The topological polar surface area (TPSA) is 56.0 Å². The van der Waals surface area contributed by atoms with Gasteiger partial charge in [-0.1, -0.05) is 0 Å². The van der Waals surface area contributed by atoms with Gasteiger partial charge in [-0.05, 0) is 43.8 Å². The van der Waals surface area contributed by atoms with Gasteiger partial charge in [0.25, 0.3) is 0 Å². The van der Waals surface area contributed by atoms with E-state index in [1.165, 1.54) is 11.5 Å². The average molecular weight is 210 g/mol. The predicted octanol–water partition coefficient (Wildman–Crippen LogP) is 1.91. The maximum atomic E-state index is 11.8. The van der Waals surface area contributed by atoms with Crippen molar-refractivity contribution in [2.45, 2.75) is 38.1 Å². The van der Waals surface area contributed by atoms with Gasteiger partial charge < -0.3 is 5.73 Å². The molecule has 4 heteroatoms. The minimum Gasteiger partial charge on any atom is -0.325 e. The molecule has 0 unspecified atom stereocenters. The Labute approximate surface area is 87.5 Å². The summed E-state index contributed by atoms with van der Waals surface area (Å²) in [5, 5.41) is 0. The van der Waals surface area contributed by atoms with Crippen molar-refractivity contribution in [1.82, 2.24) is 4.37 Å². The molecule has 2 N–H and O–H groups in total. The highest BCUT2D eigenvalue weighted by Gasteiger charge is 2.35. The summed E-state index contributed by atoms with van der Waals surface area (Å²) in [6.07, 6.45) is 3.60. The molecule has 1 saturated carbocycles. The van der Waals surface area contributed by atoms with Crippen LogP contribution >= 0.6 is 11.5 Å². The highest BCUT2D eigenvalue weighted by Crippen LogP contribution is 2.33. The first kappa shape index (κ1) is 9.80. The summed E-state index contributed by atoms with van der Waals surface area (Å²) in [4.78, 5) is 12.5. The zero-order valence-electron chi connectivity index (χ0n) is 8.25. The number of hydrogen-bond acceptors (Lipinski definition) is 4. The summed E-state index contributed by atoms with van der Waals surface area (Å²) in [6, 6.07) is 1.84. The molecule has 0 aliphatic heterocycles. The maximum Gasteiger partial charge on any atom is 0.176 e. The summed E-state index contributed by atoms with van der Waals surface area (Å²) in [7, 11) is 0. The minimum atomic E-state index is -0.213. The third-order valence-electron chi connectivity index (χ3n) is 2.76. The molecular formula is C10H14N2OS. The van der Waals surface area contributed by atoms with Crippen LogP contribution in [-0.4, -0.2) is 15.7 Å². The first-order chi connectivity index (χ1) is 6.59. The van der Waals surface area contributed by atoms with Gasteiger partial charge in [-0.25, -0.2) is 0 Å². The molecule has 1 aliphatic rings. The second kappa shape index (κ2) is 3.44. The van der Waals surface area contributed by atoms with Crippen molar-refractivity contribution in [2.24, 2.45) is 5.73 Å². The van der Waals surface area contributed by atoms with Crippen LogP contribution in [0.25, 0.3) is 0 Å². The lowest BCUT2D eigenvalue weighted by molar-refractivity contribution is 0.0916. The van der Waals surface area contributed by atoms with Crippen molar-refractivity contribution in [3.05, 3.63) is 16.6 Å². The molecule has 0 atom stereocenters. The second-order valence-corrected chi connectivity index (χ2v) is 4.95. The van der Waals surface area contributed by atoms with E-state index in [1.807, 2.05) is 13.0 Å². The van der Waals surface area contributed by atoms with E-state index in [4.69, 9.17) is 5.73 Å². The van der Waals surface area contributed by atoms with Crippen molar-refractivity contribution in [1.29, 1.82) is 0 Å². The van der Waals surface area contributed by atoms with E-state index in [9.17, 15) is 4.79 Å². The Morgan fingerprint density at radius 3 is 2.86 bits per heavy atom. The summed E-state index contributed by atoms with van der Waals surface area (Å²) < 4.78 is 4.09. The number of carbonyl (C=O) groups is 1. The summed E-state index contributed by atoms with van der Waals surface area (Å²) in [6.45, 7) is 1.90. The Hall–Kier alpha value is -0.740. The Morgan fingerprint density at radius 1 is 1.71 bits per heavy atom. The number of nitrogens with two attached hydrogens (primary N) is 1. The number of rotatable bonds is 3. The van der Waals surface area contributed by atoms with Crippen LogP contribution in [0.3, 0.4) is 0 Å². The highest BCUT2D eigenvalue weighted by molar-refractivity contribution is 7.08. The fourth-order valence-electron chi connectivity index (χ4n) is 1.71. The maximum absolute atomic E-state index is 11.8. The molecule has 14 heavy (non-hydrogen) atoms. The smallest absolute Gasteiger partial charge is 0.176 e. The number of hydrogen-bond donors (Lipinski definition) is 1. The van der Waals surface area contributed by atoms with Crippen molar-refractivity contribution in [2.75, 3.05) is 0 Å². The molecule has 0 aromatic carbocycles. The lowest BCUT2D eigenvalue weighted by atomic mass is 9.74. The molecule has 3 nitrogen and oxygen atoms in total. The lowest BCUT2D eigenvalue weighted by Crippen LogP contribution is -2.47. The highest BCUT2D eigenvalue weighted by atomic mass is 32.1. The van der Waals surface area contributed by atoms with Crippen LogP contribution in [0.5, 0.6) is 0 Å². The molecule has 0 amide bonds. The molecule has 76 valence electrons. The Kier molecular flexibility index (Phi) is 2.41. The van der Waals surface area contributed by atoms with E-state index >= 15 is 0 Å². The third kappa shape index (κ3) is 1.86. The Bertz CT molecular complexity index is 355. The van der Waals surface area contributed by atoms with Gasteiger partial charge in [-0.2, -0.15) is 4.37 Å². The average Bonchev–Trinajstić information content (AvgIpc) is 2.49. The zero-order chi connectivity index (χ0) is 10.2. The van der Waals surface area contributed by atoms with Crippen molar-refractivity contribution in [3.8, 4) is 0 Å². The van der Waals surface area contributed by atoms with Crippen LogP contribution in [0.4, 0.5) is 0 Å². The molecule has 0 spiro atoms. The predicted molar refractivity (Wildman–Crippen MR) is 56.6 cm³/mol. The molecule has 1 aromatic rings. The molecular weight excluding hydrogens is 196 g/mol.